The normalized spacial score (nSPS) is 10.9. The molecule has 68 valence electrons. The van der Waals surface area contributed by atoms with Gasteiger partial charge in [-0.05, 0) is 34.6 Å². The standard InChI is InChI=1S/C8H9BrN4/c1-10-4-6-2-3-7-11-8(9)12-13(7)5-6/h2-3,5,10H,4H2,1H3. The first-order valence-corrected chi connectivity index (χ1v) is 4.74. The molecule has 4 nitrogen and oxygen atoms in total. The first-order valence-electron chi connectivity index (χ1n) is 3.95. The van der Waals surface area contributed by atoms with Gasteiger partial charge in [-0.3, -0.25) is 0 Å². The van der Waals surface area contributed by atoms with Crippen molar-refractivity contribution in [1.29, 1.82) is 0 Å². The van der Waals surface area contributed by atoms with Crippen molar-refractivity contribution in [3.8, 4) is 0 Å². The SMILES string of the molecule is CNCc1ccc2nc(Br)nn2c1. The highest BCUT2D eigenvalue weighted by atomic mass is 79.9. The number of pyridine rings is 1. The third-order valence-corrected chi connectivity index (χ3v) is 2.08. The van der Waals surface area contributed by atoms with Crippen LogP contribution in [0.2, 0.25) is 0 Å². The zero-order valence-corrected chi connectivity index (χ0v) is 8.74. The van der Waals surface area contributed by atoms with E-state index in [0.717, 1.165) is 12.2 Å². The van der Waals surface area contributed by atoms with Gasteiger partial charge in [0, 0.05) is 12.7 Å². The van der Waals surface area contributed by atoms with Gasteiger partial charge in [0.15, 0.2) is 5.65 Å². The van der Waals surface area contributed by atoms with Crippen LogP contribution in [0, 0.1) is 0 Å². The molecule has 0 atom stereocenters. The van der Waals surface area contributed by atoms with Crippen LogP contribution in [0.5, 0.6) is 0 Å². The van der Waals surface area contributed by atoms with E-state index < -0.39 is 0 Å². The number of halogens is 1. The van der Waals surface area contributed by atoms with Crippen molar-refractivity contribution in [3.05, 3.63) is 28.6 Å². The molecule has 13 heavy (non-hydrogen) atoms. The van der Waals surface area contributed by atoms with Crippen LogP contribution in [-0.4, -0.2) is 21.6 Å². The third kappa shape index (κ3) is 1.71. The van der Waals surface area contributed by atoms with Crippen LogP contribution in [-0.2, 0) is 6.54 Å². The highest BCUT2D eigenvalue weighted by molar-refractivity contribution is 9.10. The minimum absolute atomic E-state index is 0.620. The molecule has 2 rings (SSSR count). The molecule has 0 saturated heterocycles. The smallest absolute Gasteiger partial charge is 0.218 e. The Hall–Kier alpha value is -0.940. The number of hydrogen-bond acceptors (Lipinski definition) is 3. The van der Waals surface area contributed by atoms with E-state index >= 15 is 0 Å². The highest BCUT2D eigenvalue weighted by Crippen LogP contribution is 2.08. The Morgan fingerprint density at radius 3 is 3.15 bits per heavy atom. The summed E-state index contributed by atoms with van der Waals surface area (Å²) in [5, 5.41) is 7.23. The number of nitrogens with one attached hydrogen (secondary N) is 1. The molecule has 0 bridgehead atoms. The van der Waals surface area contributed by atoms with Gasteiger partial charge in [-0.2, -0.15) is 0 Å². The molecule has 2 aromatic rings. The van der Waals surface area contributed by atoms with Crippen LogP contribution in [0.15, 0.2) is 23.1 Å². The topological polar surface area (TPSA) is 42.2 Å². The van der Waals surface area contributed by atoms with E-state index in [9.17, 15) is 0 Å². The molecule has 0 aliphatic rings. The van der Waals surface area contributed by atoms with Crippen LogP contribution in [0.3, 0.4) is 0 Å². The van der Waals surface area contributed by atoms with Gasteiger partial charge in [-0.1, -0.05) is 6.07 Å². The monoisotopic (exact) mass is 240 g/mol. The summed E-state index contributed by atoms with van der Waals surface area (Å²) in [5.41, 5.74) is 2.04. The van der Waals surface area contributed by atoms with E-state index in [-0.39, 0.29) is 0 Å². The number of aromatic nitrogens is 3. The minimum atomic E-state index is 0.620. The number of rotatable bonds is 2. The second-order valence-electron chi connectivity index (χ2n) is 2.75. The van der Waals surface area contributed by atoms with Crippen molar-refractivity contribution >= 4 is 21.6 Å². The van der Waals surface area contributed by atoms with Crippen LogP contribution in [0.25, 0.3) is 5.65 Å². The molecule has 0 unspecified atom stereocenters. The Morgan fingerprint density at radius 2 is 2.38 bits per heavy atom. The first kappa shape index (κ1) is 8.65. The van der Waals surface area contributed by atoms with Crippen LogP contribution < -0.4 is 5.32 Å². The molecule has 0 saturated carbocycles. The van der Waals surface area contributed by atoms with Gasteiger partial charge in [0.1, 0.15) is 0 Å². The Kier molecular flexibility index (Phi) is 2.28. The molecular weight excluding hydrogens is 232 g/mol. The van der Waals surface area contributed by atoms with E-state index in [1.807, 2.05) is 25.4 Å². The van der Waals surface area contributed by atoms with Crippen LogP contribution in [0.4, 0.5) is 0 Å². The summed E-state index contributed by atoms with van der Waals surface area (Å²) in [5.74, 6) is 0. The molecule has 2 heterocycles. The average molecular weight is 241 g/mol. The van der Waals surface area contributed by atoms with Crippen molar-refractivity contribution in [3.63, 3.8) is 0 Å². The molecule has 2 aromatic heterocycles. The van der Waals surface area contributed by atoms with Crippen molar-refractivity contribution < 1.29 is 0 Å². The number of fused-ring (bicyclic) bond motifs is 1. The Morgan fingerprint density at radius 1 is 1.54 bits per heavy atom. The van der Waals surface area contributed by atoms with Crippen molar-refractivity contribution in [2.45, 2.75) is 6.54 Å². The predicted octanol–water partition coefficient (Wildman–Crippen LogP) is 1.21. The first-order chi connectivity index (χ1) is 6.29. The van der Waals surface area contributed by atoms with Crippen molar-refractivity contribution in [2.24, 2.45) is 0 Å². The summed E-state index contributed by atoms with van der Waals surface area (Å²) in [4.78, 5) is 4.16. The minimum Gasteiger partial charge on any atom is -0.316 e. The Labute approximate surface area is 84.1 Å². The lowest BCUT2D eigenvalue weighted by Crippen LogP contribution is -2.05. The van der Waals surface area contributed by atoms with Gasteiger partial charge in [0.05, 0.1) is 0 Å². The van der Waals surface area contributed by atoms with Crippen molar-refractivity contribution in [1.82, 2.24) is 19.9 Å². The maximum Gasteiger partial charge on any atom is 0.218 e. The lowest BCUT2D eigenvalue weighted by molar-refractivity contribution is 0.802. The Bertz CT molecular complexity index is 423. The maximum absolute atomic E-state index is 4.16. The zero-order chi connectivity index (χ0) is 9.26. The molecule has 0 amide bonds. The molecule has 0 radical (unpaired) electrons. The van der Waals surface area contributed by atoms with Gasteiger partial charge in [0.2, 0.25) is 4.73 Å². The van der Waals surface area contributed by atoms with E-state index in [0.29, 0.717) is 4.73 Å². The fourth-order valence-corrected chi connectivity index (χ4v) is 1.56. The molecule has 0 aliphatic heterocycles. The molecule has 0 fully saturated rings. The maximum atomic E-state index is 4.16. The van der Waals surface area contributed by atoms with Crippen LogP contribution in [0.1, 0.15) is 5.56 Å². The van der Waals surface area contributed by atoms with E-state index in [1.165, 1.54) is 5.56 Å². The summed E-state index contributed by atoms with van der Waals surface area (Å²) < 4.78 is 2.38. The zero-order valence-electron chi connectivity index (χ0n) is 7.16. The third-order valence-electron chi connectivity index (χ3n) is 1.75. The van der Waals surface area contributed by atoms with Crippen molar-refractivity contribution in [2.75, 3.05) is 7.05 Å². The predicted molar refractivity (Wildman–Crippen MR) is 53.5 cm³/mol. The van der Waals surface area contributed by atoms with Gasteiger partial charge in [0.25, 0.3) is 0 Å². The summed E-state index contributed by atoms with van der Waals surface area (Å²) in [7, 11) is 1.92. The molecule has 1 N–H and O–H groups in total. The van der Waals surface area contributed by atoms with Gasteiger partial charge in [-0.15, -0.1) is 5.10 Å². The summed E-state index contributed by atoms with van der Waals surface area (Å²) in [6, 6.07) is 3.98. The fraction of sp³-hybridized carbons (Fsp3) is 0.250. The quantitative estimate of drug-likeness (QED) is 0.859. The van der Waals surface area contributed by atoms with Crippen LogP contribution >= 0.6 is 15.9 Å². The van der Waals surface area contributed by atoms with Gasteiger partial charge >= 0.3 is 0 Å². The van der Waals surface area contributed by atoms with E-state index in [1.54, 1.807) is 4.52 Å². The fourth-order valence-electron chi connectivity index (χ4n) is 1.21. The Balaban J connectivity index is 2.48. The molecule has 5 heteroatoms. The van der Waals surface area contributed by atoms with E-state index in [4.69, 9.17) is 0 Å². The lowest BCUT2D eigenvalue weighted by Gasteiger charge is -1.98. The molecular formula is C8H9BrN4. The number of nitrogens with zero attached hydrogens (tertiary/aromatic N) is 3. The van der Waals surface area contributed by atoms with E-state index in [2.05, 4.69) is 31.3 Å². The average Bonchev–Trinajstić information content (AvgIpc) is 2.44. The highest BCUT2D eigenvalue weighted by Gasteiger charge is 2.00. The summed E-state index contributed by atoms with van der Waals surface area (Å²) in [6.45, 7) is 0.841. The lowest BCUT2D eigenvalue weighted by atomic mass is 10.3. The second-order valence-corrected chi connectivity index (χ2v) is 3.46. The number of hydrogen-bond donors (Lipinski definition) is 1. The second kappa shape index (κ2) is 3.43. The van der Waals surface area contributed by atoms with Gasteiger partial charge in [-0.25, -0.2) is 9.50 Å². The molecule has 0 aromatic carbocycles. The largest absolute Gasteiger partial charge is 0.316 e. The molecule has 0 spiro atoms. The van der Waals surface area contributed by atoms with Gasteiger partial charge < -0.3 is 5.32 Å². The summed E-state index contributed by atoms with van der Waals surface area (Å²) >= 11 is 3.23. The summed E-state index contributed by atoms with van der Waals surface area (Å²) in [6.07, 6.45) is 1.96. The molecule has 0 aliphatic carbocycles.